The lowest BCUT2D eigenvalue weighted by Crippen LogP contribution is -2.01. The summed E-state index contributed by atoms with van der Waals surface area (Å²) in [4.78, 5) is 4.23. The Morgan fingerprint density at radius 3 is 2.72 bits per heavy atom. The molecule has 0 saturated heterocycles. The molecule has 18 heavy (non-hydrogen) atoms. The van der Waals surface area contributed by atoms with E-state index in [2.05, 4.69) is 4.98 Å². The Bertz CT molecular complexity index is 736. The van der Waals surface area contributed by atoms with Crippen LogP contribution in [0.3, 0.4) is 0 Å². The quantitative estimate of drug-likeness (QED) is 0.730. The van der Waals surface area contributed by atoms with Crippen molar-refractivity contribution in [2.75, 3.05) is 5.73 Å². The summed E-state index contributed by atoms with van der Waals surface area (Å²) in [5.41, 5.74) is 8.07. The Morgan fingerprint density at radius 1 is 1.17 bits per heavy atom. The molecular formula is C13H9ClFN3. The highest BCUT2D eigenvalue weighted by atomic mass is 35.5. The summed E-state index contributed by atoms with van der Waals surface area (Å²) in [7, 11) is 0. The molecule has 3 nitrogen and oxygen atoms in total. The molecule has 0 fully saturated rings. The maximum absolute atomic E-state index is 13.5. The second-order valence-electron chi connectivity index (χ2n) is 3.89. The van der Waals surface area contributed by atoms with E-state index in [1.54, 1.807) is 10.6 Å². The number of nitrogens with two attached hydrogens (primary N) is 1. The van der Waals surface area contributed by atoms with Gasteiger partial charge in [-0.25, -0.2) is 9.37 Å². The second kappa shape index (κ2) is 3.99. The van der Waals surface area contributed by atoms with Gasteiger partial charge in [0.1, 0.15) is 5.82 Å². The van der Waals surface area contributed by atoms with Crippen molar-refractivity contribution in [2.45, 2.75) is 0 Å². The first-order valence-electron chi connectivity index (χ1n) is 5.35. The molecule has 0 radical (unpaired) electrons. The van der Waals surface area contributed by atoms with Crippen LogP contribution in [0, 0.1) is 5.82 Å². The van der Waals surface area contributed by atoms with Crippen molar-refractivity contribution in [3.63, 3.8) is 0 Å². The molecule has 2 N–H and O–H groups in total. The number of rotatable bonds is 1. The van der Waals surface area contributed by atoms with Crippen molar-refractivity contribution in [2.24, 2.45) is 0 Å². The Kier molecular flexibility index (Phi) is 2.45. The lowest BCUT2D eigenvalue weighted by Gasteiger charge is -2.07. The van der Waals surface area contributed by atoms with Crippen molar-refractivity contribution in [3.05, 3.63) is 53.3 Å². The summed E-state index contributed by atoms with van der Waals surface area (Å²) >= 11 is 5.67. The van der Waals surface area contributed by atoms with Crippen molar-refractivity contribution < 1.29 is 4.39 Å². The molecule has 0 aliphatic carbocycles. The fourth-order valence-corrected chi connectivity index (χ4v) is 2.06. The monoisotopic (exact) mass is 261 g/mol. The molecule has 0 saturated carbocycles. The highest BCUT2D eigenvalue weighted by molar-refractivity contribution is 6.30. The number of fused-ring (bicyclic) bond motifs is 1. The number of hydrogen-bond acceptors (Lipinski definition) is 2. The normalized spacial score (nSPS) is 11.0. The van der Waals surface area contributed by atoms with Crippen molar-refractivity contribution >= 4 is 28.6 Å². The molecule has 0 aliphatic heterocycles. The second-order valence-corrected chi connectivity index (χ2v) is 4.30. The lowest BCUT2D eigenvalue weighted by molar-refractivity contribution is 0.627. The van der Waals surface area contributed by atoms with Gasteiger partial charge in [0.2, 0.25) is 5.95 Å². The zero-order chi connectivity index (χ0) is 12.7. The molecule has 0 bridgehead atoms. The fourth-order valence-electron chi connectivity index (χ4n) is 1.94. The predicted molar refractivity (Wildman–Crippen MR) is 70.5 cm³/mol. The summed E-state index contributed by atoms with van der Waals surface area (Å²) in [5.74, 6) is -0.163. The largest absolute Gasteiger partial charge is 0.369 e. The molecule has 1 heterocycles. The highest BCUT2D eigenvalue weighted by Gasteiger charge is 2.10. The van der Waals surface area contributed by atoms with Crippen LogP contribution in [0.4, 0.5) is 10.3 Å². The summed E-state index contributed by atoms with van der Waals surface area (Å²) in [6.45, 7) is 0. The van der Waals surface area contributed by atoms with Crippen molar-refractivity contribution in [1.29, 1.82) is 0 Å². The van der Waals surface area contributed by atoms with Gasteiger partial charge >= 0.3 is 0 Å². The first-order valence-corrected chi connectivity index (χ1v) is 5.73. The van der Waals surface area contributed by atoms with Gasteiger partial charge in [-0.15, -0.1) is 0 Å². The first kappa shape index (κ1) is 11.0. The van der Waals surface area contributed by atoms with E-state index in [0.29, 0.717) is 11.6 Å². The average Bonchev–Trinajstić information content (AvgIpc) is 2.69. The number of anilines is 1. The third-order valence-corrected chi connectivity index (χ3v) is 3.05. The van der Waals surface area contributed by atoms with E-state index < -0.39 is 5.82 Å². The zero-order valence-corrected chi connectivity index (χ0v) is 10.0. The number of nitrogen functional groups attached to an aromatic ring is 1. The summed E-state index contributed by atoms with van der Waals surface area (Å²) in [6, 6.07) is 12.0. The number of halogens is 2. The molecule has 0 spiro atoms. The van der Waals surface area contributed by atoms with Gasteiger partial charge < -0.3 is 5.73 Å². The van der Waals surface area contributed by atoms with Crippen LogP contribution in [0.15, 0.2) is 42.5 Å². The van der Waals surface area contributed by atoms with Crippen LogP contribution in [0.25, 0.3) is 16.7 Å². The van der Waals surface area contributed by atoms with E-state index in [1.165, 1.54) is 12.1 Å². The number of benzene rings is 2. The van der Waals surface area contributed by atoms with Crippen LogP contribution < -0.4 is 5.73 Å². The van der Waals surface area contributed by atoms with Crippen molar-refractivity contribution in [3.8, 4) is 5.69 Å². The zero-order valence-electron chi connectivity index (χ0n) is 9.27. The molecular weight excluding hydrogens is 253 g/mol. The molecule has 5 heteroatoms. The SMILES string of the molecule is Nc1nc2ccccc2n1-c1ccc(Cl)c(F)c1. The van der Waals surface area contributed by atoms with E-state index in [0.717, 1.165) is 11.0 Å². The third kappa shape index (κ3) is 1.62. The number of hydrogen-bond donors (Lipinski definition) is 1. The van der Waals surface area contributed by atoms with E-state index in [9.17, 15) is 4.39 Å². The molecule has 0 atom stereocenters. The van der Waals surface area contributed by atoms with Gasteiger partial charge in [0.25, 0.3) is 0 Å². The Morgan fingerprint density at radius 2 is 1.94 bits per heavy atom. The van der Waals surface area contributed by atoms with Crippen LogP contribution in [-0.2, 0) is 0 Å². The van der Waals surface area contributed by atoms with Crippen molar-refractivity contribution in [1.82, 2.24) is 9.55 Å². The lowest BCUT2D eigenvalue weighted by atomic mass is 10.2. The van der Waals surface area contributed by atoms with Crippen LogP contribution >= 0.6 is 11.6 Å². The Hall–Kier alpha value is -2.07. The number of para-hydroxylation sites is 2. The molecule has 0 unspecified atom stereocenters. The van der Waals surface area contributed by atoms with Gasteiger partial charge in [-0.3, -0.25) is 4.57 Å². The molecule has 1 aromatic heterocycles. The molecule has 2 aromatic carbocycles. The maximum Gasteiger partial charge on any atom is 0.205 e. The third-order valence-electron chi connectivity index (χ3n) is 2.75. The van der Waals surface area contributed by atoms with Crippen LogP contribution in [0.2, 0.25) is 5.02 Å². The van der Waals surface area contributed by atoms with Gasteiger partial charge in [-0.2, -0.15) is 0 Å². The minimum atomic E-state index is -0.480. The van der Waals surface area contributed by atoms with E-state index in [-0.39, 0.29) is 5.02 Å². The molecule has 3 aromatic rings. The van der Waals surface area contributed by atoms with Gasteiger partial charge in [-0.05, 0) is 30.3 Å². The topological polar surface area (TPSA) is 43.8 Å². The van der Waals surface area contributed by atoms with Crippen LogP contribution in [0.1, 0.15) is 0 Å². The predicted octanol–water partition coefficient (Wildman–Crippen LogP) is 3.40. The maximum atomic E-state index is 13.5. The van der Waals surface area contributed by atoms with Crippen LogP contribution in [-0.4, -0.2) is 9.55 Å². The number of aromatic nitrogens is 2. The number of imidazole rings is 1. The van der Waals surface area contributed by atoms with E-state index in [1.807, 2.05) is 24.3 Å². The highest BCUT2D eigenvalue weighted by Crippen LogP contribution is 2.25. The summed E-state index contributed by atoms with van der Waals surface area (Å²) in [5, 5.41) is 0.0849. The standard InChI is InChI=1S/C13H9ClFN3/c14-9-6-5-8(7-10(9)15)18-12-4-2-1-3-11(12)17-13(18)16/h1-7H,(H2,16,17). The summed E-state index contributed by atoms with van der Waals surface area (Å²) in [6.07, 6.45) is 0. The minimum absolute atomic E-state index is 0.0849. The van der Waals surface area contributed by atoms with Gasteiger partial charge in [-0.1, -0.05) is 23.7 Å². The van der Waals surface area contributed by atoms with E-state index in [4.69, 9.17) is 17.3 Å². The average molecular weight is 262 g/mol. The first-order chi connectivity index (χ1) is 8.66. The molecule has 0 aliphatic rings. The van der Waals surface area contributed by atoms with Crippen LogP contribution in [0.5, 0.6) is 0 Å². The fraction of sp³-hybridized carbons (Fsp3) is 0. The Labute approximate surface area is 108 Å². The van der Waals surface area contributed by atoms with E-state index >= 15 is 0 Å². The molecule has 3 rings (SSSR count). The van der Waals surface area contributed by atoms with Gasteiger partial charge in [0, 0.05) is 0 Å². The summed E-state index contributed by atoms with van der Waals surface area (Å²) < 4.78 is 15.2. The van der Waals surface area contributed by atoms with Gasteiger partial charge in [0.05, 0.1) is 21.7 Å². The smallest absolute Gasteiger partial charge is 0.205 e. The Balaban J connectivity index is 2.30. The molecule has 0 amide bonds. The minimum Gasteiger partial charge on any atom is -0.369 e. The van der Waals surface area contributed by atoms with Gasteiger partial charge in [0.15, 0.2) is 0 Å². The number of nitrogens with zero attached hydrogens (tertiary/aromatic N) is 2. The molecule has 90 valence electrons.